The summed E-state index contributed by atoms with van der Waals surface area (Å²) < 4.78 is 22.6. The summed E-state index contributed by atoms with van der Waals surface area (Å²) in [7, 11) is 5.89. The van der Waals surface area contributed by atoms with Gasteiger partial charge in [-0.05, 0) is 96.3 Å². The van der Waals surface area contributed by atoms with Crippen molar-refractivity contribution in [2.24, 2.45) is 0 Å². The molecule has 0 aromatic heterocycles. The molecule has 9 nitrogen and oxygen atoms in total. The van der Waals surface area contributed by atoms with Crippen molar-refractivity contribution in [3.63, 3.8) is 0 Å². The van der Waals surface area contributed by atoms with Crippen LogP contribution in [0.25, 0.3) is 0 Å². The molecule has 0 fully saturated rings. The van der Waals surface area contributed by atoms with E-state index in [0.717, 1.165) is 122 Å². The molecule has 2 unspecified atom stereocenters. The minimum absolute atomic E-state index is 0.135. The first-order chi connectivity index (χ1) is 32.1. The number of allylic oxidation sites excluding steroid dienone is 18. The van der Waals surface area contributed by atoms with E-state index in [1.165, 1.54) is 12.8 Å². The summed E-state index contributed by atoms with van der Waals surface area (Å²) >= 11 is 0. The summed E-state index contributed by atoms with van der Waals surface area (Å²) in [4.78, 5) is 37.1. The number of rotatable bonds is 45. The topological polar surface area (TPSA) is 111 Å². The van der Waals surface area contributed by atoms with Gasteiger partial charge in [0.2, 0.25) is 0 Å². The highest BCUT2D eigenvalue weighted by Gasteiger charge is 2.21. The number of carbonyl (C=O) groups excluding carboxylic acids is 3. The van der Waals surface area contributed by atoms with E-state index in [0.29, 0.717) is 23.9 Å². The number of carboxylic acid groups (broad SMARTS) is 1. The molecule has 66 heavy (non-hydrogen) atoms. The highest BCUT2D eigenvalue weighted by molar-refractivity contribution is 5.70. The second-order valence-electron chi connectivity index (χ2n) is 17.7. The fraction of sp³-hybridized carbons (Fsp3) is 0.632. The Bertz CT molecular complexity index is 1440. The third kappa shape index (κ3) is 47.9. The largest absolute Gasteiger partial charge is 0.545 e. The van der Waals surface area contributed by atoms with Crippen molar-refractivity contribution in [2.75, 3.05) is 47.5 Å². The average molecular weight is 920 g/mol. The number of aliphatic carboxylic acids is 1. The SMILES string of the molecule is CC/C=C\C/C=C\C/C=C\C/C=C\C/C=C\C/C=C\C/C=C\CCCCCCCC(=O)OC(COC(=O)CCCCCCC/C=C\C/C=C\CCCC)COC(OCC[N+](C)(C)C)C(=O)[O-]. The van der Waals surface area contributed by atoms with E-state index in [2.05, 4.69) is 123 Å². The van der Waals surface area contributed by atoms with Gasteiger partial charge >= 0.3 is 11.9 Å². The van der Waals surface area contributed by atoms with Crippen LogP contribution in [0.2, 0.25) is 0 Å². The normalized spacial score (nSPS) is 13.8. The Morgan fingerprint density at radius 2 is 0.864 bits per heavy atom. The van der Waals surface area contributed by atoms with Gasteiger partial charge in [0.1, 0.15) is 13.2 Å². The smallest absolute Gasteiger partial charge is 0.306 e. The van der Waals surface area contributed by atoms with Crippen LogP contribution < -0.4 is 5.11 Å². The average Bonchev–Trinajstić information content (AvgIpc) is 3.28. The summed E-state index contributed by atoms with van der Waals surface area (Å²) in [6.45, 7) is 4.52. The molecule has 0 aliphatic heterocycles. The summed E-state index contributed by atoms with van der Waals surface area (Å²) in [5.41, 5.74) is 0. The van der Waals surface area contributed by atoms with Crippen LogP contribution in [0.4, 0.5) is 0 Å². The molecule has 0 spiro atoms. The molecule has 0 aromatic carbocycles. The number of nitrogens with zero attached hydrogens (tertiary/aromatic N) is 1. The summed E-state index contributed by atoms with van der Waals surface area (Å²) in [6.07, 6.45) is 61.2. The lowest BCUT2D eigenvalue weighted by molar-refractivity contribution is -0.870. The molecule has 0 saturated heterocycles. The van der Waals surface area contributed by atoms with Crippen molar-refractivity contribution in [3.05, 3.63) is 109 Å². The van der Waals surface area contributed by atoms with E-state index in [1.54, 1.807) is 0 Å². The maximum absolute atomic E-state index is 12.8. The molecule has 0 aromatic rings. The molecule has 0 saturated carbocycles. The molecule has 374 valence electrons. The quantitative estimate of drug-likeness (QED) is 0.0195. The van der Waals surface area contributed by atoms with Gasteiger partial charge in [0.05, 0.1) is 40.3 Å². The number of quaternary nitrogens is 1. The summed E-state index contributed by atoms with van der Waals surface area (Å²) in [5, 5.41) is 11.7. The van der Waals surface area contributed by atoms with E-state index >= 15 is 0 Å². The van der Waals surface area contributed by atoms with E-state index in [-0.39, 0.29) is 38.6 Å². The highest BCUT2D eigenvalue weighted by atomic mass is 16.7. The minimum Gasteiger partial charge on any atom is -0.545 e. The molecule has 0 rings (SSSR count). The first-order valence-electron chi connectivity index (χ1n) is 25.5. The molecule has 0 radical (unpaired) electrons. The van der Waals surface area contributed by atoms with Gasteiger partial charge in [-0.1, -0.05) is 175 Å². The number of ether oxygens (including phenoxy) is 4. The Morgan fingerprint density at radius 1 is 0.470 bits per heavy atom. The third-order valence-electron chi connectivity index (χ3n) is 10.3. The van der Waals surface area contributed by atoms with Crippen molar-refractivity contribution in [1.82, 2.24) is 0 Å². The van der Waals surface area contributed by atoms with Crippen molar-refractivity contribution in [2.45, 2.75) is 187 Å². The van der Waals surface area contributed by atoms with Gasteiger partial charge in [-0.25, -0.2) is 0 Å². The van der Waals surface area contributed by atoms with Crippen LogP contribution >= 0.6 is 0 Å². The molecule has 0 N–H and O–H groups in total. The van der Waals surface area contributed by atoms with Crippen molar-refractivity contribution >= 4 is 17.9 Å². The first kappa shape index (κ1) is 62.0. The fourth-order valence-electron chi connectivity index (χ4n) is 6.29. The van der Waals surface area contributed by atoms with Crippen molar-refractivity contribution < 1.29 is 42.9 Å². The Morgan fingerprint density at radius 3 is 1.29 bits per heavy atom. The predicted molar refractivity (Wildman–Crippen MR) is 273 cm³/mol. The third-order valence-corrected chi connectivity index (χ3v) is 10.3. The molecular formula is C57H93NO8. The van der Waals surface area contributed by atoms with E-state index in [4.69, 9.17) is 18.9 Å². The Balaban J connectivity index is 4.41. The monoisotopic (exact) mass is 920 g/mol. The number of hydrogen-bond donors (Lipinski definition) is 0. The van der Waals surface area contributed by atoms with Crippen LogP contribution in [-0.2, 0) is 33.3 Å². The maximum atomic E-state index is 12.8. The van der Waals surface area contributed by atoms with Gasteiger partial charge < -0.3 is 33.3 Å². The molecular weight excluding hydrogens is 827 g/mol. The Labute approximate surface area is 403 Å². The van der Waals surface area contributed by atoms with Crippen molar-refractivity contribution in [1.29, 1.82) is 0 Å². The molecule has 0 aliphatic carbocycles. The van der Waals surface area contributed by atoms with Gasteiger partial charge in [-0.15, -0.1) is 0 Å². The van der Waals surface area contributed by atoms with Gasteiger partial charge in [0.15, 0.2) is 12.4 Å². The van der Waals surface area contributed by atoms with E-state index in [1.807, 2.05) is 21.1 Å². The zero-order valence-corrected chi connectivity index (χ0v) is 42.3. The lowest BCUT2D eigenvalue weighted by Crippen LogP contribution is -2.44. The lowest BCUT2D eigenvalue weighted by Gasteiger charge is -2.26. The van der Waals surface area contributed by atoms with Crippen LogP contribution in [0, 0.1) is 0 Å². The second-order valence-corrected chi connectivity index (χ2v) is 17.7. The molecule has 0 aliphatic rings. The number of likely N-dealkylation sites (N-methyl/N-ethyl adjacent to an activating group) is 1. The van der Waals surface area contributed by atoms with Gasteiger partial charge in [0.25, 0.3) is 0 Å². The van der Waals surface area contributed by atoms with Crippen molar-refractivity contribution in [3.8, 4) is 0 Å². The first-order valence-corrected chi connectivity index (χ1v) is 25.5. The number of hydrogen-bond acceptors (Lipinski definition) is 8. The zero-order chi connectivity index (χ0) is 48.4. The molecule has 0 bridgehead atoms. The lowest BCUT2D eigenvalue weighted by atomic mass is 10.1. The van der Waals surface area contributed by atoms with Crippen LogP contribution in [0.3, 0.4) is 0 Å². The highest BCUT2D eigenvalue weighted by Crippen LogP contribution is 2.12. The standard InChI is InChI=1S/C57H93NO8/c1-6-8-10-12-14-16-18-20-22-23-24-25-26-27-28-29-30-31-32-33-34-36-38-40-42-44-46-48-55(60)66-53(52-65-57(56(61)62)63-50-49-58(3,4)5)51-64-54(59)47-45-43-41-39-37-35-21-19-17-15-13-11-9-7-2/h8,10,13-16,19-22,24-25,27-28,30-31,33-34,53,57H,6-7,9,11-12,17-18,23,26,29,32,35-52H2,1-5H3/b10-8-,15-13-,16-14-,21-19-,22-20-,25-24-,28-27-,31-30-,34-33-. The van der Waals surface area contributed by atoms with E-state index in [9.17, 15) is 19.5 Å². The van der Waals surface area contributed by atoms with Crippen LogP contribution in [0.1, 0.15) is 174 Å². The summed E-state index contributed by atoms with van der Waals surface area (Å²) in [6, 6.07) is 0. The van der Waals surface area contributed by atoms with E-state index < -0.39 is 24.3 Å². The van der Waals surface area contributed by atoms with Gasteiger partial charge in [0, 0.05) is 12.8 Å². The number of carboxylic acids is 1. The van der Waals surface area contributed by atoms with Crippen LogP contribution in [-0.4, -0.2) is 82.3 Å². The maximum Gasteiger partial charge on any atom is 0.306 e. The van der Waals surface area contributed by atoms with Gasteiger partial charge in [-0.2, -0.15) is 0 Å². The second kappa shape index (κ2) is 47.4. The minimum atomic E-state index is -1.64. The van der Waals surface area contributed by atoms with Crippen LogP contribution in [0.5, 0.6) is 0 Å². The Hall–Kier alpha value is -4.05. The van der Waals surface area contributed by atoms with Gasteiger partial charge in [-0.3, -0.25) is 9.59 Å². The molecule has 2 atom stereocenters. The summed E-state index contributed by atoms with van der Waals surface area (Å²) in [5.74, 6) is -2.35. The number of esters is 2. The molecule has 9 heteroatoms. The number of unbranched alkanes of at least 4 members (excludes halogenated alkanes) is 12. The predicted octanol–water partition coefficient (Wildman–Crippen LogP) is 13.1. The molecule has 0 heterocycles. The number of carbonyl (C=O) groups is 3. The zero-order valence-electron chi connectivity index (χ0n) is 42.3. The Kier molecular flexibility index (Phi) is 44.5. The fourth-order valence-corrected chi connectivity index (χ4v) is 6.29. The molecule has 0 amide bonds. The van der Waals surface area contributed by atoms with Crippen LogP contribution in [0.15, 0.2) is 109 Å².